The Bertz CT molecular complexity index is 915. The highest BCUT2D eigenvalue weighted by Crippen LogP contribution is 2.23. The van der Waals surface area contributed by atoms with Crippen LogP contribution >= 0.6 is 15.9 Å². The Labute approximate surface area is 161 Å². The minimum absolute atomic E-state index is 0.00201. The van der Waals surface area contributed by atoms with E-state index in [1.54, 1.807) is 0 Å². The minimum Gasteiger partial charge on any atom is -0.382 e. The van der Waals surface area contributed by atoms with E-state index in [-0.39, 0.29) is 27.7 Å². The Kier molecular flexibility index (Phi) is 5.49. The fourth-order valence-electron chi connectivity index (χ4n) is 2.80. The van der Waals surface area contributed by atoms with E-state index in [9.17, 15) is 14.0 Å². The number of hydrogen-bond acceptors (Lipinski definition) is 6. The minimum atomic E-state index is -0.585. The Morgan fingerprint density at radius 1 is 1.44 bits per heavy atom. The van der Waals surface area contributed by atoms with Crippen molar-refractivity contribution in [3.63, 3.8) is 0 Å². The van der Waals surface area contributed by atoms with Crippen molar-refractivity contribution in [2.24, 2.45) is 10.7 Å². The van der Waals surface area contributed by atoms with Crippen LogP contribution in [0.3, 0.4) is 0 Å². The summed E-state index contributed by atoms with van der Waals surface area (Å²) in [7, 11) is 0. The van der Waals surface area contributed by atoms with E-state index in [0.717, 1.165) is 6.42 Å². The Balaban J connectivity index is 1.79. The van der Waals surface area contributed by atoms with Crippen LogP contribution in [0.4, 0.5) is 15.9 Å². The maximum atomic E-state index is 13.3. The van der Waals surface area contributed by atoms with Gasteiger partial charge < -0.3 is 16.0 Å². The normalized spacial score (nSPS) is 17.2. The summed E-state index contributed by atoms with van der Waals surface area (Å²) in [5.41, 5.74) is 6.34. The van der Waals surface area contributed by atoms with Gasteiger partial charge in [0.25, 0.3) is 0 Å². The van der Waals surface area contributed by atoms with Crippen LogP contribution in [0.25, 0.3) is 0 Å². The first-order valence-electron chi connectivity index (χ1n) is 8.07. The average molecular weight is 439 g/mol. The number of amides is 2. The number of carbonyl (C=O) groups is 2. The largest absolute Gasteiger partial charge is 0.382 e. The third-order valence-corrected chi connectivity index (χ3v) is 4.69. The lowest BCUT2D eigenvalue weighted by molar-refractivity contribution is -0.134. The zero-order valence-electron chi connectivity index (χ0n) is 14.3. The number of likely N-dealkylation sites (tertiary alicyclic amines) is 1. The zero-order chi connectivity index (χ0) is 19.6. The van der Waals surface area contributed by atoms with Crippen LogP contribution in [0.2, 0.25) is 0 Å². The maximum Gasteiger partial charge on any atom is 0.248 e. The van der Waals surface area contributed by atoms with Gasteiger partial charge >= 0.3 is 0 Å². The lowest BCUT2D eigenvalue weighted by Gasteiger charge is -2.21. The molecule has 2 aromatic rings. The van der Waals surface area contributed by atoms with E-state index in [1.807, 2.05) is 0 Å². The molecule has 1 aromatic carbocycles. The molecule has 3 rings (SSSR count). The van der Waals surface area contributed by atoms with Gasteiger partial charge in [0.2, 0.25) is 17.6 Å². The van der Waals surface area contributed by atoms with Crippen molar-refractivity contribution < 1.29 is 18.6 Å². The molecular weight excluding hydrogens is 423 g/mol. The van der Waals surface area contributed by atoms with Crippen molar-refractivity contribution in [2.45, 2.75) is 25.8 Å². The van der Waals surface area contributed by atoms with Gasteiger partial charge in [0, 0.05) is 13.5 Å². The molecule has 27 heavy (non-hydrogen) atoms. The highest BCUT2D eigenvalue weighted by molar-refractivity contribution is 9.10. The summed E-state index contributed by atoms with van der Waals surface area (Å²) in [4.78, 5) is 29.8. The predicted octanol–water partition coefficient (Wildman–Crippen LogP) is 1.96. The molecule has 2 amide bonds. The first-order chi connectivity index (χ1) is 12.9. The molecule has 0 radical (unpaired) electrons. The molecule has 1 aliphatic rings. The van der Waals surface area contributed by atoms with Gasteiger partial charge in [-0.1, -0.05) is 0 Å². The molecular formula is C16H16BrFN6O3. The van der Waals surface area contributed by atoms with Crippen LogP contribution in [0, 0.1) is 5.82 Å². The quantitative estimate of drug-likeness (QED) is 0.554. The molecule has 11 heteroatoms. The summed E-state index contributed by atoms with van der Waals surface area (Å²) >= 11 is 3.07. The number of hydrogen-bond donors (Lipinski definition) is 2. The lowest BCUT2D eigenvalue weighted by Crippen LogP contribution is -2.42. The molecule has 0 spiro atoms. The number of anilines is 1. The third kappa shape index (κ3) is 4.13. The number of nitrogens with one attached hydrogen (secondary N) is 1. The zero-order valence-corrected chi connectivity index (χ0v) is 15.9. The van der Waals surface area contributed by atoms with Gasteiger partial charge in [-0.05, 0) is 57.3 Å². The average Bonchev–Trinajstić information content (AvgIpc) is 3.27. The van der Waals surface area contributed by atoms with Crippen molar-refractivity contribution in [3.8, 4) is 0 Å². The first kappa shape index (κ1) is 19.0. The van der Waals surface area contributed by atoms with Crippen molar-refractivity contribution in [1.82, 2.24) is 15.2 Å². The summed E-state index contributed by atoms with van der Waals surface area (Å²) in [6.45, 7) is 1.94. The topological polar surface area (TPSA) is 127 Å². The molecule has 1 aromatic heterocycles. The number of rotatable bonds is 4. The van der Waals surface area contributed by atoms with Crippen LogP contribution < -0.4 is 11.1 Å². The van der Waals surface area contributed by atoms with E-state index < -0.39 is 17.8 Å². The second-order valence-electron chi connectivity index (χ2n) is 5.92. The van der Waals surface area contributed by atoms with Gasteiger partial charge in [0.15, 0.2) is 11.5 Å². The van der Waals surface area contributed by atoms with E-state index in [2.05, 4.69) is 41.2 Å². The highest BCUT2D eigenvalue weighted by Gasteiger charge is 2.33. The molecule has 1 unspecified atom stereocenters. The number of halogens is 2. The molecule has 3 N–H and O–H groups in total. The number of amidine groups is 1. The van der Waals surface area contributed by atoms with Gasteiger partial charge in [-0.2, -0.15) is 0 Å². The molecule has 0 aliphatic carbocycles. The number of aromatic nitrogens is 2. The fraction of sp³-hybridized carbons (Fsp3) is 0.312. The first-order valence-corrected chi connectivity index (χ1v) is 8.86. The fourth-order valence-corrected chi connectivity index (χ4v) is 3.17. The van der Waals surface area contributed by atoms with Crippen LogP contribution in [-0.2, 0) is 9.59 Å². The molecule has 1 atom stereocenters. The van der Waals surface area contributed by atoms with Gasteiger partial charge in [0.1, 0.15) is 11.9 Å². The summed E-state index contributed by atoms with van der Waals surface area (Å²) in [6.07, 6.45) is 1.30. The van der Waals surface area contributed by atoms with Gasteiger partial charge in [-0.3, -0.25) is 9.59 Å². The lowest BCUT2D eigenvalue weighted by atomic mass is 10.2. The predicted molar refractivity (Wildman–Crippen MR) is 97.8 cm³/mol. The Hall–Kier alpha value is -2.82. The van der Waals surface area contributed by atoms with E-state index >= 15 is 0 Å². The van der Waals surface area contributed by atoms with Crippen LogP contribution in [0.1, 0.15) is 25.5 Å². The van der Waals surface area contributed by atoms with Crippen LogP contribution in [-0.4, -0.2) is 45.4 Å². The number of nitrogens with two attached hydrogens (primary N) is 1. The molecule has 9 nitrogen and oxygen atoms in total. The maximum absolute atomic E-state index is 13.3. The van der Waals surface area contributed by atoms with E-state index in [4.69, 9.17) is 5.73 Å². The molecule has 1 saturated heterocycles. The van der Waals surface area contributed by atoms with Crippen molar-refractivity contribution in [2.75, 3.05) is 11.9 Å². The van der Waals surface area contributed by atoms with Crippen molar-refractivity contribution >= 4 is 45.1 Å². The number of carbonyl (C=O) groups excluding carboxylic acids is 2. The number of benzene rings is 1. The van der Waals surface area contributed by atoms with Gasteiger partial charge in [-0.25, -0.2) is 14.0 Å². The second kappa shape index (κ2) is 7.82. The van der Waals surface area contributed by atoms with E-state index in [1.165, 1.54) is 30.0 Å². The van der Waals surface area contributed by atoms with E-state index in [0.29, 0.717) is 18.7 Å². The Morgan fingerprint density at radius 2 is 2.22 bits per heavy atom. The van der Waals surface area contributed by atoms with Crippen LogP contribution in [0.5, 0.6) is 0 Å². The van der Waals surface area contributed by atoms with Crippen molar-refractivity contribution in [3.05, 3.63) is 34.2 Å². The van der Waals surface area contributed by atoms with Crippen molar-refractivity contribution in [1.29, 1.82) is 0 Å². The molecule has 1 aliphatic heterocycles. The third-order valence-electron chi connectivity index (χ3n) is 4.09. The number of nitrogens with zero attached hydrogens (tertiary/aromatic N) is 4. The Morgan fingerprint density at radius 3 is 2.93 bits per heavy atom. The summed E-state index contributed by atoms with van der Waals surface area (Å²) in [5.74, 6) is -1.08. The van der Waals surface area contributed by atoms with Crippen LogP contribution in [0.15, 0.2) is 32.3 Å². The molecule has 1 fully saturated rings. The molecule has 2 heterocycles. The second-order valence-corrected chi connectivity index (χ2v) is 6.77. The SMILES string of the molecule is CC(=O)N1CCCC1C(=O)Nc1nonc1C(N)=Nc1ccc(F)c(Br)c1. The standard InChI is InChI=1S/C16H16BrFN6O3/c1-8(25)24-6-2-3-12(24)16(26)21-15-13(22-27-23-15)14(19)20-9-4-5-11(18)10(17)7-9/h4-5,7,12H,2-3,6H2,1H3,(H2,19,20)(H,21,23,26). The summed E-state index contributed by atoms with van der Waals surface area (Å²) in [5, 5.41) is 9.88. The summed E-state index contributed by atoms with van der Waals surface area (Å²) < 4.78 is 18.2. The van der Waals surface area contributed by atoms with Gasteiger partial charge in [-0.15, -0.1) is 0 Å². The molecule has 0 bridgehead atoms. The van der Waals surface area contributed by atoms with Gasteiger partial charge in [0.05, 0.1) is 10.2 Å². The highest BCUT2D eigenvalue weighted by atomic mass is 79.9. The molecule has 0 saturated carbocycles. The smallest absolute Gasteiger partial charge is 0.248 e. The number of aliphatic imine (C=N–C) groups is 1. The molecule has 142 valence electrons. The monoisotopic (exact) mass is 438 g/mol. The summed E-state index contributed by atoms with van der Waals surface area (Å²) in [6, 6.07) is 3.52.